The molecule has 2 aliphatic rings. The Morgan fingerprint density at radius 3 is 2.54 bits per heavy atom. The van der Waals surface area contributed by atoms with Crippen molar-refractivity contribution in [3.05, 3.63) is 41.7 Å². The lowest BCUT2D eigenvalue weighted by Gasteiger charge is -2.34. The first kappa shape index (κ1) is 19.1. The number of nitrogens with zero attached hydrogens (tertiary/aromatic N) is 4. The Morgan fingerprint density at radius 1 is 1.11 bits per heavy atom. The molecule has 1 aliphatic heterocycles. The molecule has 1 aromatic carbocycles. The normalized spacial score (nSPS) is 17.1. The van der Waals surface area contributed by atoms with Crippen LogP contribution in [0.15, 0.2) is 35.7 Å². The van der Waals surface area contributed by atoms with Crippen molar-refractivity contribution in [2.75, 3.05) is 31.9 Å². The molecule has 6 nitrogen and oxygen atoms in total. The van der Waals surface area contributed by atoms with Gasteiger partial charge >= 0.3 is 0 Å². The standard InChI is InChI=1S/C21H26N4O2S/c1-15-3-4-16(2)18(13-15)25-8-7-22-21(25)28-14-19(26)23-9-11-24(12-10-23)20(27)17-5-6-17/h3-4,7-8,13,17H,5-6,9-12,14H2,1-2H3. The topological polar surface area (TPSA) is 58.4 Å². The van der Waals surface area contributed by atoms with Gasteiger partial charge in [0.2, 0.25) is 11.8 Å². The summed E-state index contributed by atoms with van der Waals surface area (Å²) in [4.78, 5) is 33.0. The Hall–Kier alpha value is -2.28. The second-order valence-electron chi connectivity index (χ2n) is 7.64. The van der Waals surface area contributed by atoms with Gasteiger partial charge in [-0.2, -0.15) is 0 Å². The minimum atomic E-state index is 0.110. The van der Waals surface area contributed by atoms with Gasteiger partial charge in [-0.3, -0.25) is 14.2 Å². The van der Waals surface area contributed by atoms with E-state index in [2.05, 4.69) is 37.0 Å². The Bertz CT molecular complexity index is 882. The molecule has 2 aromatic rings. The van der Waals surface area contributed by atoms with Crippen molar-refractivity contribution in [1.29, 1.82) is 0 Å². The maximum atomic E-state index is 12.6. The molecule has 1 aromatic heterocycles. The number of hydrogen-bond acceptors (Lipinski definition) is 4. The van der Waals surface area contributed by atoms with Gasteiger partial charge in [0.15, 0.2) is 5.16 Å². The summed E-state index contributed by atoms with van der Waals surface area (Å²) in [6, 6.07) is 6.34. The minimum absolute atomic E-state index is 0.110. The lowest BCUT2D eigenvalue weighted by atomic mass is 10.1. The quantitative estimate of drug-likeness (QED) is 0.727. The highest BCUT2D eigenvalue weighted by Crippen LogP contribution is 2.31. The van der Waals surface area contributed by atoms with Gasteiger partial charge in [-0.05, 0) is 43.9 Å². The fraction of sp³-hybridized carbons (Fsp3) is 0.476. The molecule has 0 atom stereocenters. The number of carbonyl (C=O) groups is 2. The van der Waals surface area contributed by atoms with Crippen LogP contribution in [-0.2, 0) is 9.59 Å². The average molecular weight is 399 g/mol. The van der Waals surface area contributed by atoms with Crippen LogP contribution in [0.2, 0.25) is 0 Å². The van der Waals surface area contributed by atoms with Crippen molar-refractivity contribution >= 4 is 23.6 Å². The van der Waals surface area contributed by atoms with Gasteiger partial charge in [0.05, 0.1) is 11.4 Å². The van der Waals surface area contributed by atoms with Crippen molar-refractivity contribution in [2.45, 2.75) is 31.8 Å². The molecule has 28 heavy (non-hydrogen) atoms. The van der Waals surface area contributed by atoms with Crippen LogP contribution in [0.1, 0.15) is 24.0 Å². The van der Waals surface area contributed by atoms with Gasteiger partial charge in [-0.1, -0.05) is 23.9 Å². The molecular weight excluding hydrogens is 372 g/mol. The van der Waals surface area contributed by atoms with E-state index in [9.17, 15) is 9.59 Å². The molecule has 2 fully saturated rings. The Labute approximate surface area is 169 Å². The van der Waals surface area contributed by atoms with Crippen molar-refractivity contribution in [3.8, 4) is 5.69 Å². The third-order valence-corrected chi connectivity index (χ3v) is 6.38. The van der Waals surface area contributed by atoms with E-state index in [-0.39, 0.29) is 17.7 Å². The first-order valence-corrected chi connectivity index (χ1v) is 10.8. The van der Waals surface area contributed by atoms with Gasteiger partial charge < -0.3 is 9.80 Å². The molecule has 0 spiro atoms. The molecule has 1 aliphatic carbocycles. The molecule has 148 valence electrons. The highest BCUT2D eigenvalue weighted by atomic mass is 32.2. The first-order valence-electron chi connectivity index (χ1n) is 9.83. The number of imidazole rings is 1. The molecule has 7 heteroatoms. The molecule has 0 radical (unpaired) electrons. The van der Waals surface area contributed by atoms with Crippen LogP contribution in [0.3, 0.4) is 0 Å². The van der Waals surface area contributed by atoms with Gasteiger partial charge in [0.25, 0.3) is 0 Å². The van der Waals surface area contributed by atoms with E-state index < -0.39 is 0 Å². The lowest BCUT2D eigenvalue weighted by Crippen LogP contribution is -2.51. The Morgan fingerprint density at radius 2 is 1.82 bits per heavy atom. The van der Waals surface area contributed by atoms with Crippen LogP contribution in [0.5, 0.6) is 0 Å². The number of aryl methyl sites for hydroxylation is 2. The minimum Gasteiger partial charge on any atom is -0.339 e. The molecule has 0 unspecified atom stereocenters. The van der Waals surface area contributed by atoms with Crippen LogP contribution in [0.25, 0.3) is 5.69 Å². The Kier molecular flexibility index (Phi) is 5.44. The average Bonchev–Trinajstić information content (AvgIpc) is 3.46. The van der Waals surface area contributed by atoms with Gasteiger partial charge in [0.1, 0.15) is 0 Å². The summed E-state index contributed by atoms with van der Waals surface area (Å²) in [7, 11) is 0. The highest BCUT2D eigenvalue weighted by molar-refractivity contribution is 7.99. The molecule has 1 saturated carbocycles. The van der Waals surface area contributed by atoms with Crippen LogP contribution in [-0.4, -0.2) is 63.1 Å². The van der Waals surface area contributed by atoms with Crippen molar-refractivity contribution in [3.63, 3.8) is 0 Å². The smallest absolute Gasteiger partial charge is 0.233 e. The summed E-state index contributed by atoms with van der Waals surface area (Å²) in [5.41, 5.74) is 3.47. The first-order chi connectivity index (χ1) is 13.5. The molecule has 0 bridgehead atoms. The summed E-state index contributed by atoms with van der Waals surface area (Å²) in [6.07, 6.45) is 5.77. The fourth-order valence-corrected chi connectivity index (χ4v) is 4.41. The second-order valence-corrected chi connectivity index (χ2v) is 8.58. The Balaban J connectivity index is 1.34. The van der Waals surface area contributed by atoms with Crippen LogP contribution in [0.4, 0.5) is 0 Å². The number of piperazine rings is 1. The van der Waals surface area contributed by atoms with Gasteiger partial charge in [0, 0.05) is 44.5 Å². The lowest BCUT2D eigenvalue weighted by molar-refractivity contribution is -0.139. The summed E-state index contributed by atoms with van der Waals surface area (Å²) in [5.74, 6) is 0.996. The van der Waals surface area contributed by atoms with E-state index >= 15 is 0 Å². The van der Waals surface area contributed by atoms with Crippen LogP contribution >= 0.6 is 11.8 Å². The summed E-state index contributed by atoms with van der Waals surface area (Å²) in [5, 5.41) is 0.824. The molecule has 2 heterocycles. The fourth-order valence-electron chi connectivity index (χ4n) is 3.54. The van der Waals surface area contributed by atoms with E-state index in [4.69, 9.17) is 0 Å². The van der Waals surface area contributed by atoms with Gasteiger partial charge in [-0.15, -0.1) is 0 Å². The van der Waals surface area contributed by atoms with Gasteiger partial charge in [-0.25, -0.2) is 4.98 Å². The zero-order valence-corrected chi connectivity index (χ0v) is 17.2. The molecule has 1 saturated heterocycles. The summed E-state index contributed by atoms with van der Waals surface area (Å²) < 4.78 is 2.05. The zero-order valence-electron chi connectivity index (χ0n) is 16.4. The van der Waals surface area contributed by atoms with Crippen molar-refractivity contribution in [1.82, 2.24) is 19.4 Å². The maximum absolute atomic E-state index is 12.6. The zero-order chi connectivity index (χ0) is 19.7. The highest BCUT2D eigenvalue weighted by Gasteiger charge is 2.35. The molecular formula is C21H26N4O2S. The van der Waals surface area contributed by atoms with Crippen molar-refractivity contribution < 1.29 is 9.59 Å². The van der Waals surface area contributed by atoms with E-state index in [1.807, 2.05) is 20.6 Å². The summed E-state index contributed by atoms with van der Waals surface area (Å²) >= 11 is 1.47. The van der Waals surface area contributed by atoms with E-state index in [0.717, 1.165) is 23.7 Å². The molecule has 0 N–H and O–H groups in total. The predicted molar refractivity (Wildman–Crippen MR) is 110 cm³/mol. The number of rotatable bonds is 5. The third kappa shape index (κ3) is 4.09. The third-order valence-electron chi connectivity index (χ3n) is 5.43. The van der Waals surface area contributed by atoms with Crippen LogP contribution < -0.4 is 0 Å². The summed E-state index contributed by atoms with van der Waals surface area (Å²) in [6.45, 7) is 6.72. The largest absolute Gasteiger partial charge is 0.339 e. The monoisotopic (exact) mass is 398 g/mol. The molecule has 2 amide bonds. The molecule has 4 rings (SSSR count). The van der Waals surface area contributed by atoms with Crippen LogP contribution in [0, 0.1) is 19.8 Å². The number of carbonyl (C=O) groups excluding carboxylic acids is 2. The number of thioether (sulfide) groups is 1. The number of benzene rings is 1. The maximum Gasteiger partial charge on any atom is 0.233 e. The van der Waals surface area contributed by atoms with Crippen molar-refractivity contribution in [2.24, 2.45) is 5.92 Å². The van der Waals surface area contributed by atoms with E-state index in [0.29, 0.717) is 31.9 Å². The number of hydrogen-bond donors (Lipinski definition) is 0. The van der Waals surface area contributed by atoms with E-state index in [1.54, 1.807) is 6.20 Å². The SMILES string of the molecule is Cc1ccc(C)c(-n2ccnc2SCC(=O)N2CCN(C(=O)C3CC3)CC2)c1. The predicted octanol–water partition coefficient (Wildman–Crippen LogP) is 2.66. The van der Waals surface area contributed by atoms with E-state index in [1.165, 1.54) is 22.9 Å². The number of amides is 2. The number of aromatic nitrogens is 2. The second kappa shape index (κ2) is 7.99.